The van der Waals surface area contributed by atoms with Gasteiger partial charge in [-0.25, -0.2) is 5.48 Å². The standard InChI is InChI=1S/C8H16N2O3/c1-3-6(4-2)8(12)9-5-7(11)10-13/h6,13H,3-5H2,1-2H3,(H,9,12)(H,10,11). The molecule has 5 heteroatoms. The van der Waals surface area contributed by atoms with Gasteiger partial charge in [-0.1, -0.05) is 13.8 Å². The molecule has 0 saturated heterocycles. The minimum absolute atomic E-state index is 0.0495. The van der Waals surface area contributed by atoms with Crippen LogP contribution in [0.15, 0.2) is 0 Å². The van der Waals surface area contributed by atoms with Crippen molar-refractivity contribution in [1.82, 2.24) is 10.8 Å². The number of hydrogen-bond donors (Lipinski definition) is 3. The van der Waals surface area contributed by atoms with Crippen LogP contribution in [0.4, 0.5) is 0 Å². The van der Waals surface area contributed by atoms with Crippen LogP contribution < -0.4 is 10.8 Å². The van der Waals surface area contributed by atoms with E-state index in [2.05, 4.69) is 5.32 Å². The molecular formula is C8H16N2O3. The van der Waals surface area contributed by atoms with E-state index < -0.39 is 5.91 Å². The molecule has 0 rings (SSSR count). The third-order valence-corrected chi connectivity index (χ3v) is 1.90. The first-order valence-corrected chi connectivity index (χ1v) is 4.36. The number of carbonyl (C=O) groups is 2. The Kier molecular flexibility index (Phi) is 5.88. The number of hydroxylamine groups is 1. The van der Waals surface area contributed by atoms with E-state index in [0.29, 0.717) is 0 Å². The van der Waals surface area contributed by atoms with Gasteiger partial charge in [0.25, 0.3) is 5.91 Å². The lowest BCUT2D eigenvalue weighted by Crippen LogP contribution is -2.38. The van der Waals surface area contributed by atoms with Crippen molar-refractivity contribution in [3.63, 3.8) is 0 Å². The van der Waals surface area contributed by atoms with Crippen molar-refractivity contribution in [3.8, 4) is 0 Å². The van der Waals surface area contributed by atoms with Crippen LogP contribution in [-0.2, 0) is 9.59 Å². The highest BCUT2D eigenvalue weighted by atomic mass is 16.5. The van der Waals surface area contributed by atoms with Crippen LogP contribution in [0, 0.1) is 5.92 Å². The maximum Gasteiger partial charge on any atom is 0.262 e. The summed E-state index contributed by atoms with van der Waals surface area (Å²) in [7, 11) is 0. The van der Waals surface area contributed by atoms with Gasteiger partial charge in [-0.15, -0.1) is 0 Å². The predicted molar refractivity (Wildman–Crippen MR) is 47.0 cm³/mol. The van der Waals surface area contributed by atoms with Gasteiger partial charge in [0.2, 0.25) is 5.91 Å². The summed E-state index contributed by atoms with van der Waals surface area (Å²) in [6.45, 7) is 3.66. The molecular weight excluding hydrogens is 172 g/mol. The van der Waals surface area contributed by atoms with Gasteiger partial charge in [-0.05, 0) is 12.8 Å². The van der Waals surface area contributed by atoms with E-state index in [9.17, 15) is 9.59 Å². The molecule has 0 bridgehead atoms. The fourth-order valence-electron chi connectivity index (χ4n) is 1.01. The largest absolute Gasteiger partial charge is 0.347 e. The highest BCUT2D eigenvalue weighted by molar-refractivity contribution is 5.85. The molecule has 0 radical (unpaired) electrons. The molecule has 0 heterocycles. The summed E-state index contributed by atoms with van der Waals surface area (Å²) in [6.07, 6.45) is 1.51. The van der Waals surface area contributed by atoms with E-state index in [1.54, 1.807) is 0 Å². The predicted octanol–water partition coefficient (Wildman–Crippen LogP) is 0.0442. The van der Waals surface area contributed by atoms with E-state index in [1.807, 2.05) is 13.8 Å². The lowest BCUT2D eigenvalue weighted by Gasteiger charge is -2.11. The lowest BCUT2D eigenvalue weighted by molar-refractivity contribution is -0.132. The summed E-state index contributed by atoms with van der Waals surface area (Å²) in [5, 5.41) is 10.6. The Balaban J connectivity index is 3.79. The maximum absolute atomic E-state index is 11.3. The summed E-state index contributed by atoms with van der Waals surface area (Å²) in [4.78, 5) is 21.8. The van der Waals surface area contributed by atoms with Gasteiger partial charge < -0.3 is 5.32 Å². The molecule has 0 spiro atoms. The molecule has 13 heavy (non-hydrogen) atoms. The topological polar surface area (TPSA) is 78.4 Å². The summed E-state index contributed by atoms with van der Waals surface area (Å²) >= 11 is 0. The number of nitrogens with one attached hydrogen (secondary N) is 2. The minimum Gasteiger partial charge on any atom is -0.347 e. The highest BCUT2D eigenvalue weighted by Gasteiger charge is 2.14. The Morgan fingerprint density at radius 2 is 1.85 bits per heavy atom. The van der Waals surface area contributed by atoms with Crippen molar-refractivity contribution >= 4 is 11.8 Å². The SMILES string of the molecule is CCC(CC)C(=O)NCC(=O)NO. The van der Waals surface area contributed by atoms with Crippen LogP contribution in [0.1, 0.15) is 26.7 Å². The molecule has 0 unspecified atom stereocenters. The molecule has 0 aliphatic heterocycles. The zero-order valence-corrected chi connectivity index (χ0v) is 7.96. The molecule has 0 aromatic rings. The second kappa shape index (κ2) is 6.42. The van der Waals surface area contributed by atoms with E-state index in [1.165, 1.54) is 5.48 Å². The van der Waals surface area contributed by atoms with Gasteiger partial charge in [0.05, 0.1) is 6.54 Å². The zero-order valence-electron chi connectivity index (χ0n) is 7.96. The van der Waals surface area contributed by atoms with E-state index in [0.717, 1.165) is 12.8 Å². The molecule has 0 atom stereocenters. The monoisotopic (exact) mass is 188 g/mol. The van der Waals surface area contributed by atoms with Crippen LogP contribution in [0.3, 0.4) is 0 Å². The molecule has 2 amide bonds. The van der Waals surface area contributed by atoms with Crippen molar-refractivity contribution < 1.29 is 14.8 Å². The second-order valence-corrected chi connectivity index (χ2v) is 2.77. The Morgan fingerprint density at radius 3 is 2.23 bits per heavy atom. The highest BCUT2D eigenvalue weighted by Crippen LogP contribution is 2.06. The maximum atomic E-state index is 11.3. The van der Waals surface area contributed by atoms with E-state index >= 15 is 0 Å². The fraction of sp³-hybridized carbons (Fsp3) is 0.750. The first kappa shape index (κ1) is 11.9. The Morgan fingerprint density at radius 1 is 1.31 bits per heavy atom. The first-order valence-electron chi connectivity index (χ1n) is 4.36. The Bertz CT molecular complexity index is 178. The fourth-order valence-corrected chi connectivity index (χ4v) is 1.01. The molecule has 76 valence electrons. The van der Waals surface area contributed by atoms with Crippen molar-refractivity contribution in [2.45, 2.75) is 26.7 Å². The molecule has 0 aliphatic rings. The third-order valence-electron chi connectivity index (χ3n) is 1.90. The summed E-state index contributed by atoms with van der Waals surface area (Å²) in [6, 6.07) is 0. The van der Waals surface area contributed by atoms with Crippen molar-refractivity contribution in [1.29, 1.82) is 0 Å². The molecule has 0 fully saturated rings. The normalized spacial score (nSPS) is 9.85. The lowest BCUT2D eigenvalue weighted by atomic mass is 10.0. The summed E-state index contributed by atoms with van der Waals surface area (Å²) in [5.41, 5.74) is 1.44. The average molecular weight is 188 g/mol. The Labute approximate surface area is 77.5 Å². The number of rotatable bonds is 5. The molecule has 0 aliphatic carbocycles. The van der Waals surface area contributed by atoms with Crippen LogP contribution in [0.2, 0.25) is 0 Å². The third kappa shape index (κ3) is 4.47. The van der Waals surface area contributed by atoms with E-state index in [4.69, 9.17) is 5.21 Å². The second-order valence-electron chi connectivity index (χ2n) is 2.77. The number of amides is 2. The average Bonchev–Trinajstić information content (AvgIpc) is 2.16. The molecule has 5 nitrogen and oxygen atoms in total. The van der Waals surface area contributed by atoms with Crippen LogP contribution in [0.5, 0.6) is 0 Å². The van der Waals surface area contributed by atoms with Crippen molar-refractivity contribution in [2.75, 3.05) is 6.54 Å². The number of hydrogen-bond acceptors (Lipinski definition) is 3. The molecule has 0 aromatic heterocycles. The van der Waals surface area contributed by atoms with Crippen LogP contribution in [-0.4, -0.2) is 23.6 Å². The summed E-state index contributed by atoms with van der Waals surface area (Å²) < 4.78 is 0. The summed E-state index contributed by atoms with van der Waals surface area (Å²) in [5.74, 6) is -0.806. The number of carbonyl (C=O) groups excluding carboxylic acids is 2. The van der Waals surface area contributed by atoms with Gasteiger partial charge in [0.15, 0.2) is 0 Å². The zero-order chi connectivity index (χ0) is 10.3. The first-order chi connectivity index (χ1) is 6.15. The van der Waals surface area contributed by atoms with Gasteiger partial charge in [0, 0.05) is 5.92 Å². The van der Waals surface area contributed by atoms with Crippen LogP contribution in [0.25, 0.3) is 0 Å². The van der Waals surface area contributed by atoms with Gasteiger partial charge in [-0.2, -0.15) is 0 Å². The van der Waals surface area contributed by atoms with Crippen molar-refractivity contribution in [3.05, 3.63) is 0 Å². The molecule has 0 aromatic carbocycles. The van der Waals surface area contributed by atoms with Crippen molar-refractivity contribution in [2.24, 2.45) is 5.92 Å². The minimum atomic E-state index is -0.612. The quantitative estimate of drug-likeness (QED) is 0.421. The van der Waals surface area contributed by atoms with Gasteiger partial charge in [-0.3, -0.25) is 14.8 Å². The molecule has 3 N–H and O–H groups in total. The van der Waals surface area contributed by atoms with E-state index in [-0.39, 0.29) is 18.4 Å². The van der Waals surface area contributed by atoms with Crippen LogP contribution >= 0.6 is 0 Å². The Hall–Kier alpha value is -1.10. The van der Waals surface area contributed by atoms with Gasteiger partial charge >= 0.3 is 0 Å². The smallest absolute Gasteiger partial charge is 0.262 e. The molecule has 0 saturated carbocycles. The van der Waals surface area contributed by atoms with Gasteiger partial charge in [0.1, 0.15) is 0 Å².